The normalized spacial score (nSPS) is 10.9. The number of benzene rings is 3. The van der Waals surface area contributed by atoms with Gasteiger partial charge in [-0.1, -0.05) is 30.3 Å². The molecular formula is C21H16N5S+. The molecule has 3 aromatic rings. The SMILES string of the molecule is N#Cc1ccc(NC(=S)NC(c2ccccc2)c2ccc([N+]#N)cc2)cc1. The minimum absolute atomic E-state index is 0.169. The molecule has 0 aliphatic heterocycles. The Labute approximate surface area is 162 Å². The molecule has 0 saturated heterocycles. The van der Waals surface area contributed by atoms with Crippen LogP contribution in [0.15, 0.2) is 78.9 Å². The summed E-state index contributed by atoms with van der Waals surface area (Å²) in [6.45, 7) is 0. The third kappa shape index (κ3) is 4.66. The van der Waals surface area contributed by atoms with Gasteiger partial charge in [0.25, 0.3) is 0 Å². The Balaban J connectivity index is 1.81. The molecule has 0 aliphatic carbocycles. The van der Waals surface area contributed by atoms with Crippen LogP contribution in [-0.2, 0) is 0 Å². The smallest absolute Gasteiger partial charge is 0.352 e. The lowest BCUT2D eigenvalue weighted by atomic mass is 9.98. The number of rotatable bonds is 4. The second-order valence-electron chi connectivity index (χ2n) is 5.82. The molecule has 3 rings (SSSR count). The van der Waals surface area contributed by atoms with E-state index in [1.807, 2.05) is 54.6 Å². The molecule has 3 aromatic carbocycles. The molecule has 0 amide bonds. The summed E-state index contributed by atoms with van der Waals surface area (Å²) in [5.74, 6) is 0. The third-order valence-corrected chi connectivity index (χ3v) is 4.24. The number of diazo groups is 1. The van der Waals surface area contributed by atoms with Gasteiger partial charge in [0.2, 0.25) is 5.39 Å². The predicted octanol–water partition coefficient (Wildman–Crippen LogP) is 5.12. The Morgan fingerprint density at radius 2 is 1.52 bits per heavy atom. The van der Waals surface area contributed by atoms with Crippen LogP contribution in [0.5, 0.6) is 0 Å². The lowest BCUT2D eigenvalue weighted by Crippen LogP contribution is -2.33. The molecule has 130 valence electrons. The number of nitriles is 1. The topological polar surface area (TPSA) is 76.0 Å². The summed E-state index contributed by atoms with van der Waals surface area (Å²) in [5.41, 5.74) is 3.92. The molecule has 2 N–H and O–H groups in total. The number of hydrogen-bond donors (Lipinski definition) is 2. The Kier molecular flexibility index (Phi) is 5.73. The summed E-state index contributed by atoms with van der Waals surface area (Å²) < 4.78 is 0. The summed E-state index contributed by atoms with van der Waals surface area (Å²) in [7, 11) is 0. The van der Waals surface area contributed by atoms with E-state index in [1.54, 1.807) is 24.3 Å². The first kappa shape index (κ1) is 18.1. The Hall–Kier alpha value is -3.74. The zero-order valence-electron chi connectivity index (χ0n) is 14.3. The van der Waals surface area contributed by atoms with Crippen molar-refractivity contribution in [3.8, 4) is 6.07 Å². The first-order valence-corrected chi connectivity index (χ1v) is 8.68. The first-order valence-electron chi connectivity index (χ1n) is 8.27. The van der Waals surface area contributed by atoms with E-state index < -0.39 is 0 Å². The lowest BCUT2D eigenvalue weighted by molar-refractivity contribution is 0.769. The monoisotopic (exact) mass is 370 g/mol. The molecule has 6 heteroatoms. The van der Waals surface area contributed by atoms with E-state index in [2.05, 4.69) is 21.7 Å². The fourth-order valence-electron chi connectivity index (χ4n) is 2.66. The molecule has 0 radical (unpaired) electrons. The molecule has 27 heavy (non-hydrogen) atoms. The third-order valence-electron chi connectivity index (χ3n) is 4.02. The molecular weight excluding hydrogens is 354 g/mol. The van der Waals surface area contributed by atoms with Gasteiger partial charge in [-0.2, -0.15) is 5.26 Å². The van der Waals surface area contributed by atoms with Crippen molar-refractivity contribution in [3.05, 3.63) is 101 Å². The van der Waals surface area contributed by atoms with Crippen molar-refractivity contribution in [3.63, 3.8) is 0 Å². The summed E-state index contributed by atoms with van der Waals surface area (Å²) in [4.78, 5) is 3.19. The Bertz CT molecular complexity index is 1000. The van der Waals surface area contributed by atoms with Crippen LogP contribution in [0.25, 0.3) is 4.98 Å². The average molecular weight is 370 g/mol. The molecule has 0 aromatic heterocycles. The second-order valence-corrected chi connectivity index (χ2v) is 6.23. The Morgan fingerprint density at radius 1 is 0.889 bits per heavy atom. The largest absolute Gasteiger partial charge is 0.385 e. The highest BCUT2D eigenvalue weighted by atomic mass is 32.1. The van der Waals surface area contributed by atoms with Gasteiger partial charge >= 0.3 is 5.69 Å². The molecule has 0 aliphatic rings. The van der Waals surface area contributed by atoms with Crippen LogP contribution >= 0.6 is 12.2 Å². The zero-order valence-corrected chi connectivity index (χ0v) is 15.1. The molecule has 0 saturated carbocycles. The summed E-state index contributed by atoms with van der Waals surface area (Å²) in [5, 5.41) is 24.7. The van der Waals surface area contributed by atoms with Crippen LogP contribution in [0, 0.1) is 16.7 Å². The van der Waals surface area contributed by atoms with Gasteiger partial charge in [0.05, 0.1) is 17.7 Å². The standard InChI is InChI=1S/C21H15N5S/c22-14-15-6-10-18(11-7-15)24-21(27)25-20(16-4-2-1-3-5-16)17-8-12-19(26-23)13-9-17/h1-13,20H,(H-,24,25,27)/p+1. The van der Waals surface area contributed by atoms with Crippen molar-refractivity contribution < 1.29 is 0 Å². The van der Waals surface area contributed by atoms with Crippen molar-refractivity contribution in [2.45, 2.75) is 6.04 Å². The highest BCUT2D eigenvalue weighted by Crippen LogP contribution is 2.24. The quantitative estimate of drug-likeness (QED) is 0.492. The lowest BCUT2D eigenvalue weighted by Gasteiger charge is -2.22. The van der Waals surface area contributed by atoms with Gasteiger partial charge in [-0.3, -0.25) is 0 Å². The fraction of sp³-hybridized carbons (Fsp3) is 0.0476. The maximum atomic E-state index is 8.89. The maximum Gasteiger partial charge on any atom is 0.385 e. The fourth-order valence-corrected chi connectivity index (χ4v) is 2.90. The predicted molar refractivity (Wildman–Crippen MR) is 110 cm³/mol. The van der Waals surface area contributed by atoms with Crippen LogP contribution in [0.2, 0.25) is 0 Å². The van der Waals surface area contributed by atoms with Crippen molar-refractivity contribution in [1.29, 1.82) is 10.7 Å². The van der Waals surface area contributed by atoms with Gasteiger partial charge < -0.3 is 10.6 Å². The number of anilines is 1. The van der Waals surface area contributed by atoms with Crippen LogP contribution < -0.4 is 10.6 Å². The summed E-state index contributed by atoms with van der Waals surface area (Å²) >= 11 is 5.48. The zero-order chi connectivity index (χ0) is 19.1. The average Bonchev–Trinajstić information content (AvgIpc) is 2.73. The summed E-state index contributed by atoms with van der Waals surface area (Å²) in [6, 6.07) is 26.2. The van der Waals surface area contributed by atoms with Gasteiger partial charge in [-0.25, -0.2) is 0 Å². The first-order chi connectivity index (χ1) is 13.2. The van der Waals surface area contributed by atoms with Crippen molar-refractivity contribution in [2.24, 2.45) is 0 Å². The molecule has 1 unspecified atom stereocenters. The number of nitrogens with one attached hydrogen (secondary N) is 2. The van der Waals surface area contributed by atoms with E-state index in [-0.39, 0.29) is 6.04 Å². The maximum absolute atomic E-state index is 8.89. The number of hydrogen-bond acceptors (Lipinski definition) is 3. The van der Waals surface area contributed by atoms with E-state index in [9.17, 15) is 0 Å². The van der Waals surface area contributed by atoms with E-state index >= 15 is 0 Å². The van der Waals surface area contributed by atoms with Crippen LogP contribution in [0.3, 0.4) is 0 Å². The Morgan fingerprint density at radius 3 is 2.11 bits per heavy atom. The highest BCUT2D eigenvalue weighted by molar-refractivity contribution is 7.80. The summed E-state index contributed by atoms with van der Waals surface area (Å²) in [6.07, 6.45) is 0. The van der Waals surface area contributed by atoms with Gasteiger partial charge in [0.15, 0.2) is 10.1 Å². The minimum Gasteiger partial charge on any atom is -0.352 e. The van der Waals surface area contributed by atoms with Gasteiger partial charge in [-0.15, -0.1) is 0 Å². The molecule has 0 fully saturated rings. The number of nitrogens with zero attached hydrogens (tertiary/aromatic N) is 3. The number of thiocarbonyl (C=S) groups is 1. The minimum atomic E-state index is -0.169. The van der Waals surface area contributed by atoms with E-state index in [0.717, 1.165) is 16.8 Å². The van der Waals surface area contributed by atoms with Gasteiger partial charge in [0.1, 0.15) is 0 Å². The van der Waals surface area contributed by atoms with E-state index in [1.165, 1.54) is 0 Å². The van der Waals surface area contributed by atoms with E-state index in [0.29, 0.717) is 16.4 Å². The molecule has 0 heterocycles. The van der Waals surface area contributed by atoms with Gasteiger partial charge in [-0.05, 0) is 59.7 Å². The van der Waals surface area contributed by atoms with Crippen molar-refractivity contribution in [1.82, 2.24) is 5.32 Å². The van der Waals surface area contributed by atoms with Crippen molar-refractivity contribution >= 4 is 28.7 Å². The molecule has 5 nitrogen and oxygen atoms in total. The van der Waals surface area contributed by atoms with E-state index in [4.69, 9.17) is 22.9 Å². The molecule has 0 bridgehead atoms. The highest BCUT2D eigenvalue weighted by Gasteiger charge is 2.16. The van der Waals surface area contributed by atoms with Crippen molar-refractivity contribution in [2.75, 3.05) is 5.32 Å². The van der Waals surface area contributed by atoms with Crippen LogP contribution in [-0.4, -0.2) is 5.11 Å². The second kappa shape index (κ2) is 8.57. The van der Waals surface area contributed by atoms with Crippen LogP contribution in [0.1, 0.15) is 22.7 Å². The van der Waals surface area contributed by atoms with Gasteiger partial charge in [0, 0.05) is 17.8 Å². The molecule has 0 spiro atoms. The molecule has 1 atom stereocenters. The van der Waals surface area contributed by atoms with Crippen LogP contribution in [0.4, 0.5) is 11.4 Å².